The van der Waals surface area contributed by atoms with Gasteiger partial charge < -0.3 is 19.1 Å². The van der Waals surface area contributed by atoms with Crippen LogP contribution in [0.5, 0.6) is 11.5 Å². The summed E-state index contributed by atoms with van der Waals surface area (Å²) in [5.74, 6) is 1.08. The summed E-state index contributed by atoms with van der Waals surface area (Å²) in [6.45, 7) is 3.48. The average Bonchev–Trinajstić information content (AvgIpc) is 2.79. The standard InChI is InChI=1S/C23H30N2O6S/c1-17(15-31-16-26)24-11-10-20(19-12-22(29-2)23(30-3)13-21(19)24)25(32(4,27)28)14-18-8-6-5-7-9-18/h5-9,12-13,16-17,20H,10-11,14-15H2,1-4H3. The van der Waals surface area contributed by atoms with Gasteiger partial charge in [0.2, 0.25) is 10.0 Å². The molecular formula is C23H30N2O6S. The second-order valence-electron chi connectivity index (χ2n) is 7.84. The Kier molecular flexibility index (Phi) is 7.63. The van der Waals surface area contributed by atoms with Crippen molar-refractivity contribution in [3.63, 3.8) is 0 Å². The van der Waals surface area contributed by atoms with Crippen molar-refractivity contribution in [2.24, 2.45) is 0 Å². The number of methoxy groups -OCH3 is 2. The molecule has 174 valence electrons. The molecule has 0 saturated heterocycles. The van der Waals surface area contributed by atoms with E-state index in [0.29, 0.717) is 30.9 Å². The van der Waals surface area contributed by atoms with Crippen LogP contribution in [0.1, 0.15) is 30.5 Å². The number of ether oxygens (including phenoxy) is 3. The van der Waals surface area contributed by atoms with Crippen LogP contribution in [-0.2, 0) is 26.1 Å². The van der Waals surface area contributed by atoms with Crippen LogP contribution in [0, 0.1) is 0 Å². The van der Waals surface area contributed by atoms with Crippen LogP contribution in [0.4, 0.5) is 5.69 Å². The molecule has 0 saturated carbocycles. The van der Waals surface area contributed by atoms with Gasteiger partial charge in [-0.3, -0.25) is 4.79 Å². The Bertz CT molecular complexity index is 1030. The van der Waals surface area contributed by atoms with E-state index in [1.54, 1.807) is 14.2 Å². The van der Waals surface area contributed by atoms with Gasteiger partial charge in [-0.25, -0.2) is 8.42 Å². The molecule has 1 aliphatic heterocycles. The third-order valence-electron chi connectivity index (χ3n) is 5.74. The maximum absolute atomic E-state index is 12.9. The topological polar surface area (TPSA) is 85.4 Å². The van der Waals surface area contributed by atoms with Crippen LogP contribution in [-0.4, -0.2) is 58.9 Å². The maximum atomic E-state index is 12.9. The first kappa shape index (κ1) is 23.9. The van der Waals surface area contributed by atoms with Crippen molar-refractivity contribution in [2.75, 3.05) is 38.5 Å². The van der Waals surface area contributed by atoms with Crippen molar-refractivity contribution < 1.29 is 27.4 Å². The summed E-state index contributed by atoms with van der Waals surface area (Å²) >= 11 is 0. The van der Waals surface area contributed by atoms with Crippen molar-refractivity contribution >= 4 is 22.2 Å². The summed E-state index contributed by atoms with van der Waals surface area (Å²) in [7, 11) is -0.405. The Morgan fingerprint density at radius 3 is 2.41 bits per heavy atom. The zero-order valence-corrected chi connectivity index (χ0v) is 19.7. The van der Waals surface area contributed by atoms with E-state index in [-0.39, 0.29) is 25.2 Å². The van der Waals surface area contributed by atoms with Crippen LogP contribution in [0.3, 0.4) is 0 Å². The summed E-state index contributed by atoms with van der Waals surface area (Å²) in [4.78, 5) is 12.8. The van der Waals surface area contributed by atoms with Gasteiger partial charge in [0.15, 0.2) is 11.5 Å². The number of hydrogen-bond donors (Lipinski definition) is 0. The van der Waals surface area contributed by atoms with E-state index in [9.17, 15) is 13.2 Å². The Morgan fingerprint density at radius 1 is 1.16 bits per heavy atom. The highest BCUT2D eigenvalue weighted by atomic mass is 32.2. The van der Waals surface area contributed by atoms with Crippen LogP contribution in [0.25, 0.3) is 0 Å². The Morgan fingerprint density at radius 2 is 1.81 bits per heavy atom. The molecule has 1 heterocycles. The first-order chi connectivity index (χ1) is 15.3. The lowest BCUT2D eigenvalue weighted by molar-refractivity contribution is -0.129. The number of carbonyl (C=O) groups is 1. The monoisotopic (exact) mass is 462 g/mol. The van der Waals surface area contributed by atoms with Gasteiger partial charge in [-0.05, 0) is 30.5 Å². The minimum atomic E-state index is -3.52. The molecule has 0 bridgehead atoms. The quantitative estimate of drug-likeness (QED) is 0.502. The molecule has 3 rings (SSSR count). The Balaban J connectivity index is 2.09. The van der Waals surface area contributed by atoms with Crippen molar-refractivity contribution in [2.45, 2.75) is 32.0 Å². The second kappa shape index (κ2) is 10.2. The fourth-order valence-electron chi connectivity index (χ4n) is 4.18. The number of sulfonamides is 1. The van der Waals surface area contributed by atoms with Gasteiger partial charge in [-0.15, -0.1) is 0 Å². The molecule has 0 N–H and O–H groups in total. The Labute approximate surface area is 189 Å². The lowest BCUT2D eigenvalue weighted by Gasteiger charge is -2.42. The van der Waals surface area contributed by atoms with Gasteiger partial charge in [0, 0.05) is 24.8 Å². The second-order valence-corrected chi connectivity index (χ2v) is 9.77. The number of nitrogens with zero attached hydrogens (tertiary/aromatic N) is 2. The highest BCUT2D eigenvalue weighted by molar-refractivity contribution is 7.88. The van der Waals surface area contributed by atoms with Gasteiger partial charge in [-0.2, -0.15) is 4.31 Å². The fraction of sp³-hybridized carbons (Fsp3) is 0.435. The van der Waals surface area contributed by atoms with Crippen LogP contribution >= 0.6 is 0 Å². The van der Waals surface area contributed by atoms with Gasteiger partial charge in [0.1, 0.15) is 6.61 Å². The molecule has 2 unspecified atom stereocenters. The molecule has 2 atom stereocenters. The third-order valence-corrected chi connectivity index (χ3v) is 6.97. The molecule has 32 heavy (non-hydrogen) atoms. The van der Waals surface area contributed by atoms with Crippen LogP contribution < -0.4 is 14.4 Å². The molecule has 2 aromatic carbocycles. The van der Waals surface area contributed by atoms with E-state index < -0.39 is 10.0 Å². The van der Waals surface area contributed by atoms with E-state index in [1.165, 1.54) is 10.6 Å². The number of anilines is 1. The third kappa shape index (κ3) is 5.16. The van der Waals surface area contributed by atoms with Gasteiger partial charge in [0.05, 0.1) is 32.6 Å². The molecule has 8 nitrogen and oxygen atoms in total. The molecule has 0 aliphatic carbocycles. The van der Waals surface area contributed by atoms with E-state index >= 15 is 0 Å². The molecule has 0 spiro atoms. The molecule has 0 amide bonds. The van der Waals surface area contributed by atoms with Gasteiger partial charge >= 0.3 is 0 Å². The molecule has 0 radical (unpaired) electrons. The van der Waals surface area contributed by atoms with E-state index in [2.05, 4.69) is 4.90 Å². The smallest absolute Gasteiger partial charge is 0.293 e. The average molecular weight is 463 g/mol. The number of rotatable bonds is 10. The zero-order chi connectivity index (χ0) is 23.3. The number of hydrogen-bond acceptors (Lipinski definition) is 7. The summed E-state index contributed by atoms with van der Waals surface area (Å²) in [6, 6.07) is 12.8. The minimum absolute atomic E-state index is 0.0983. The van der Waals surface area contributed by atoms with Gasteiger partial charge in [0.25, 0.3) is 6.47 Å². The molecule has 0 fully saturated rings. The molecule has 1 aliphatic rings. The maximum Gasteiger partial charge on any atom is 0.293 e. The van der Waals surface area contributed by atoms with Gasteiger partial charge in [-0.1, -0.05) is 30.3 Å². The van der Waals surface area contributed by atoms with Crippen LogP contribution in [0.15, 0.2) is 42.5 Å². The summed E-state index contributed by atoms with van der Waals surface area (Å²) in [6.07, 6.45) is 1.82. The Hall–Kier alpha value is -2.78. The van der Waals surface area contributed by atoms with Crippen molar-refractivity contribution in [1.82, 2.24) is 4.31 Å². The lowest BCUT2D eigenvalue weighted by atomic mass is 9.94. The summed E-state index contributed by atoms with van der Waals surface area (Å²) in [5.41, 5.74) is 2.57. The number of carbonyl (C=O) groups excluding carboxylic acids is 1. The predicted octanol–water partition coefficient (Wildman–Crippen LogP) is 2.98. The molecule has 9 heteroatoms. The predicted molar refractivity (Wildman–Crippen MR) is 123 cm³/mol. The first-order valence-corrected chi connectivity index (χ1v) is 12.2. The largest absolute Gasteiger partial charge is 0.493 e. The zero-order valence-electron chi connectivity index (χ0n) is 18.9. The highest BCUT2D eigenvalue weighted by Crippen LogP contribution is 2.45. The number of fused-ring (bicyclic) bond motifs is 1. The fourth-order valence-corrected chi connectivity index (χ4v) is 5.25. The van der Waals surface area contributed by atoms with Crippen molar-refractivity contribution in [3.8, 4) is 11.5 Å². The minimum Gasteiger partial charge on any atom is -0.493 e. The normalized spacial score (nSPS) is 16.9. The lowest BCUT2D eigenvalue weighted by Crippen LogP contribution is -2.45. The van der Waals surface area contributed by atoms with E-state index in [0.717, 1.165) is 16.8 Å². The van der Waals surface area contributed by atoms with E-state index in [1.807, 2.05) is 49.4 Å². The first-order valence-electron chi connectivity index (χ1n) is 10.4. The molecule has 0 aromatic heterocycles. The SMILES string of the molecule is COc1cc2c(cc1OC)N(C(C)COC=O)CCC2N(Cc1ccccc1)S(C)(=O)=O. The molecular weight excluding hydrogens is 432 g/mol. The summed E-state index contributed by atoms with van der Waals surface area (Å²) < 4.78 is 43.3. The molecule has 2 aromatic rings. The van der Waals surface area contributed by atoms with Crippen LogP contribution in [0.2, 0.25) is 0 Å². The highest BCUT2D eigenvalue weighted by Gasteiger charge is 2.36. The number of benzene rings is 2. The van der Waals surface area contributed by atoms with Crippen molar-refractivity contribution in [1.29, 1.82) is 0 Å². The summed E-state index contributed by atoms with van der Waals surface area (Å²) in [5, 5.41) is 0. The van der Waals surface area contributed by atoms with Crippen molar-refractivity contribution in [3.05, 3.63) is 53.6 Å². The van der Waals surface area contributed by atoms with E-state index in [4.69, 9.17) is 14.2 Å².